The van der Waals surface area contributed by atoms with E-state index in [-0.39, 0.29) is 22.6 Å². The van der Waals surface area contributed by atoms with Crippen molar-refractivity contribution in [2.75, 3.05) is 18.6 Å². The molecule has 0 saturated heterocycles. The average molecular weight is 480 g/mol. The van der Waals surface area contributed by atoms with E-state index < -0.39 is 46.6 Å². The number of carbonyl (C=O) groups is 2. The number of alkyl halides is 3. The second-order valence-corrected chi connectivity index (χ2v) is 8.79. The lowest BCUT2D eigenvalue weighted by Crippen LogP contribution is -2.55. The zero-order valence-corrected chi connectivity index (χ0v) is 18.9. The predicted octanol–water partition coefficient (Wildman–Crippen LogP) is 4.72. The summed E-state index contributed by atoms with van der Waals surface area (Å²) in [5.41, 5.74) is -4.25. The number of carbonyl (C=O) groups excluding carboxylic acids is 2. The third kappa shape index (κ3) is 4.29. The number of fused-ring (bicyclic) bond motifs is 1. The number of imide groups is 1. The molecule has 1 heterocycles. The van der Waals surface area contributed by atoms with Crippen LogP contribution in [0.15, 0.2) is 48.5 Å². The number of amides is 2. The van der Waals surface area contributed by atoms with Crippen molar-refractivity contribution in [2.45, 2.75) is 38.0 Å². The number of anilines is 1. The number of nitrogens with zero attached hydrogens (tertiary/aromatic N) is 2. The van der Waals surface area contributed by atoms with Gasteiger partial charge in [-0.25, -0.2) is 9.69 Å². The topological polar surface area (TPSA) is 99.0 Å². The van der Waals surface area contributed by atoms with Crippen LogP contribution in [0.1, 0.15) is 31.9 Å². The van der Waals surface area contributed by atoms with E-state index in [1.165, 1.54) is 76.4 Å². The molecule has 0 saturated carbocycles. The Balaban J connectivity index is 2.42. The number of hydrogen-bond donors (Lipinski definition) is 0. The van der Waals surface area contributed by atoms with E-state index in [9.17, 15) is 32.9 Å². The molecule has 2 amide bonds. The number of methoxy groups -OCH3 is 1. The molecule has 2 aromatic carbocycles. The molecular weight excluding hydrogens is 457 g/mol. The monoisotopic (exact) mass is 480 g/mol. The molecular formula is C23H23F3N2O6. The molecule has 0 radical (unpaired) electrons. The first-order valence-electron chi connectivity index (χ1n) is 10.2. The second-order valence-electron chi connectivity index (χ2n) is 8.79. The summed E-state index contributed by atoms with van der Waals surface area (Å²) in [5.74, 6) is -3.97. The molecule has 0 aromatic heterocycles. The lowest BCUT2D eigenvalue weighted by atomic mass is 9.65. The molecule has 0 N–H and O–H groups in total. The number of halogens is 3. The van der Waals surface area contributed by atoms with Crippen molar-refractivity contribution in [3.63, 3.8) is 0 Å². The van der Waals surface area contributed by atoms with Gasteiger partial charge in [0.1, 0.15) is 22.7 Å². The van der Waals surface area contributed by atoms with Crippen molar-refractivity contribution < 1.29 is 37.2 Å². The van der Waals surface area contributed by atoms with Crippen LogP contribution >= 0.6 is 0 Å². The van der Waals surface area contributed by atoms with Gasteiger partial charge in [-0.05, 0) is 44.5 Å². The molecule has 0 spiro atoms. The molecule has 0 bridgehead atoms. The first-order chi connectivity index (χ1) is 15.7. The number of benzene rings is 2. The summed E-state index contributed by atoms with van der Waals surface area (Å²) in [6.07, 6.45) is -6.37. The fraction of sp³-hybridized carbons (Fsp3) is 0.391. The minimum atomic E-state index is -5.18. The Labute approximate surface area is 193 Å². The highest BCUT2D eigenvalue weighted by molar-refractivity contribution is 6.22. The summed E-state index contributed by atoms with van der Waals surface area (Å²) < 4.78 is 53.9. The molecule has 34 heavy (non-hydrogen) atoms. The van der Waals surface area contributed by atoms with Gasteiger partial charge in [-0.15, -0.1) is 0 Å². The van der Waals surface area contributed by atoms with Crippen LogP contribution in [0.5, 0.6) is 5.75 Å². The third-order valence-corrected chi connectivity index (χ3v) is 5.46. The van der Waals surface area contributed by atoms with Crippen molar-refractivity contribution in [3.05, 3.63) is 69.8 Å². The summed E-state index contributed by atoms with van der Waals surface area (Å²) in [7, 11) is 1.28. The molecule has 0 aliphatic carbocycles. The fourth-order valence-corrected chi connectivity index (χ4v) is 4.20. The maximum Gasteiger partial charge on any atom is 0.421 e. The average Bonchev–Trinajstić information content (AvgIpc) is 2.98. The van der Waals surface area contributed by atoms with Gasteiger partial charge in [0, 0.05) is 10.5 Å². The summed E-state index contributed by atoms with van der Waals surface area (Å²) >= 11 is 0. The molecule has 3 rings (SSSR count). The van der Waals surface area contributed by atoms with Crippen LogP contribution in [0.4, 0.5) is 23.7 Å². The Morgan fingerprint density at radius 3 is 2.26 bits per heavy atom. The van der Waals surface area contributed by atoms with Crippen LogP contribution in [0.3, 0.4) is 0 Å². The Kier molecular flexibility index (Phi) is 6.34. The molecule has 11 heteroatoms. The second kappa shape index (κ2) is 8.62. The van der Waals surface area contributed by atoms with Gasteiger partial charge >= 0.3 is 12.3 Å². The van der Waals surface area contributed by atoms with Gasteiger partial charge in [-0.1, -0.05) is 30.3 Å². The number of rotatable bonds is 5. The van der Waals surface area contributed by atoms with Crippen LogP contribution in [0.25, 0.3) is 0 Å². The van der Waals surface area contributed by atoms with Gasteiger partial charge in [0.15, 0.2) is 0 Å². The number of ether oxygens (including phenoxy) is 2. The summed E-state index contributed by atoms with van der Waals surface area (Å²) in [6.45, 7) is 3.02. The van der Waals surface area contributed by atoms with E-state index in [2.05, 4.69) is 0 Å². The molecule has 0 fully saturated rings. The number of nitro groups is 1. The van der Waals surface area contributed by atoms with Gasteiger partial charge in [-0.2, -0.15) is 13.2 Å². The molecule has 1 aliphatic rings. The first kappa shape index (κ1) is 25.0. The van der Waals surface area contributed by atoms with Crippen molar-refractivity contribution >= 4 is 17.7 Å². The van der Waals surface area contributed by atoms with E-state index >= 15 is 0 Å². The standard InChI is InChI=1S/C23H23F3N2O6/c1-21(2,3)34-20(30)28-17-11-10-15(33-4)12-16(17)22(19(28)29,14-8-6-5-7-9-14)18(13-27(31)32)23(24,25)26/h5-12,18H,13H2,1-4H3/t18-,22+/m0/s1. The smallest absolute Gasteiger partial charge is 0.421 e. The normalized spacial score (nSPS) is 18.9. The van der Waals surface area contributed by atoms with E-state index in [1.54, 1.807) is 0 Å². The van der Waals surface area contributed by atoms with Crippen LogP contribution in [-0.4, -0.2) is 42.4 Å². The molecule has 2 aromatic rings. The zero-order chi connectivity index (χ0) is 25.5. The maximum absolute atomic E-state index is 14.5. The van der Waals surface area contributed by atoms with Crippen LogP contribution in [-0.2, 0) is 14.9 Å². The van der Waals surface area contributed by atoms with Crippen LogP contribution < -0.4 is 9.64 Å². The van der Waals surface area contributed by atoms with Gasteiger partial charge in [0.05, 0.1) is 12.8 Å². The molecule has 2 atom stereocenters. The van der Waals surface area contributed by atoms with E-state index in [4.69, 9.17) is 9.47 Å². The van der Waals surface area contributed by atoms with Crippen molar-refractivity contribution in [1.82, 2.24) is 0 Å². The van der Waals surface area contributed by atoms with E-state index in [0.29, 0.717) is 4.90 Å². The summed E-state index contributed by atoms with van der Waals surface area (Å²) in [5, 5.41) is 11.4. The molecule has 8 nitrogen and oxygen atoms in total. The zero-order valence-electron chi connectivity index (χ0n) is 18.9. The van der Waals surface area contributed by atoms with Crippen LogP contribution in [0, 0.1) is 16.0 Å². The summed E-state index contributed by atoms with van der Waals surface area (Å²) in [4.78, 5) is 37.8. The third-order valence-electron chi connectivity index (χ3n) is 5.46. The van der Waals surface area contributed by atoms with Crippen LogP contribution in [0.2, 0.25) is 0 Å². The van der Waals surface area contributed by atoms with Gasteiger partial charge in [0.25, 0.3) is 5.91 Å². The minimum absolute atomic E-state index is 0.111. The van der Waals surface area contributed by atoms with Gasteiger partial charge in [0.2, 0.25) is 6.54 Å². The van der Waals surface area contributed by atoms with Gasteiger partial charge in [-0.3, -0.25) is 14.9 Å². The first-order valence-corrected chi connectivity index (χ1v) is 10.2. The quantitative estimate of drug-likeness (QED) is 0.454. The van der Waals surface area contributed by atoms with Gasteiger partial charge < -0.3 is 9.47 Å². The van der Waals surface area contributed by atoms with E-state index in [0.717, 1.165) is 0 Å². The predicted molar refractivity (Wildman–Crippen MR) is 115 cm³/mol. The van der Waals surface area contributed by atoms with Crippen molar-refractivity contribution in [2.24, 2.45) is 5.92 Å². The lowest BCUT2D eigenvalue weighted by molar-refractivity contribution is -0.499. The minimum Gasteiger partial charge on any atom is -0.497 e. The Morgan fingerprint density at radius 2 is 1.76 bits per heavy atom. The summed E-state index contributed by atoms with van der Waals surface area (Å²) in [6, 6.07) is 10.8. The Bertz CT molecular complexity index is 1110. The molecule has 0 unspecified atom stereocenters. The highest BCUT2D eigenvalue weighted by atomic mass is 19.4. The van der Waals surface area contributed by atoms with E-state index in [1.807, 2.05) is 0 Å². The molecule has 182 valence electrons. The lowest BCUT2D eigenvalue weighted by Gasteiger charge is -2.36. The Morgan fingerprint density at radius 1 is 1.15 bits per heavy atom. The van der Waals surface area contributed by atoms with Crippen molar-refractivity contribution in [3.8, 4) is 5.75 Å². The maximum atomic E-state index is 14.5. The Hall–Kier alpha value is -3.63. The highest BCUT2D eigenvalue weighted by Crippen LogP contribution is 2.55. The molecule has 1 aliphatic heterocycles. The van der Waals surface area contributed by atoms with Crippen molar-refractivity contribution in [1.29, 1.82) is 0 Å². The SMILES string of the molecule is COc1ccc2c(c1)[C@](c1ccccc1)([C@H](C[N+](=O)[O-])C(F)(F)F)C(=O)N2C(=O)OC(C)(C)C. The highest BCUT2D eigenvalue weighted by Gasteiger charge is 2.67. The number of hydrogen-bond acceptors (Lipinski definition) is 6. The largest absolute Gasteiger partial charge is 0.497 e. The fourth-order valence-electron chi connectivity index (χ4n) is 4.20.